The van der Waals surface area contributed by atoms with Crippen molar-refractivity contribution < 1.29 is 17.9 Å². The third-order valence-electron chi connectivity index (χ3n) is 2.69. The summed E-state index contributed by atoms with van der Waals surface area (Å²) in [4.78, 5) is 19.2. The van der Waals surface area contributed by atoms with Gasteiger partial charge in [0.15, 0.2) is 9.84 Å². The average molecular weight is 271 g/mol. The van der Waals surface area contributed by atoms with Crippen molar-refractivity contribution in [2.24, 2.45) is 0 Å². The number of carbonyl (C=O) groups excluding carboxylic acids is 1. The largest absolute Gasteiger partial charge is 0.465 e. The summed E-state index contributed by atoms with van der Waals surface area (Å²) in [6.45, 7) is 0. The SMILES string of the molecule is COC(=O)c1cncnc1NC1CCS(=O)(=O)C1. The van der Waals surface area contributed by atoms with Gasteiger partial charge in [-0.2, -0.15) is 0 Å². The normalized spacial score (nSPS) is 21.5. The number of nitrogens with zero attached hydrogens (tertiary/aromatic N) is 2. The van der Waals surface area contributed by atoms with Crippen LogP contribution in [0.25, 0.3) is 0 Å². The fourth-order valence-electron chi connectivity index (χ4n) is 1.81. The predicted octanol–water partition coefficient (Wildman–Crippen LogP) is -0.138. The molecule has 1 atom stereocenters. The molecule has 0 aliphatic carbocycles. The Hall–Kier alpha value is -1.70. The standard InChI is InChI=1S/C10H13N3O4S/c1-17-10(14)8-4-11-6-12-9(8)13-7-2-3-18(15,16)5-7/h4,6-7H,2-3,5H2,1H3,(H,11,12,13). The van der Waals surface area contributed by atoms with Gasteiger partial charge in [0, 0.05) is 12.2 Å². The summed E-state index contributed by atoms with van der Waals surface area (Å²) in [7, 11) is -1.71. The summed E-state index contributed by atoms with van der Waals surface area (Å²) < 4.78 is 27.3. The van der Waals surface area contributed by atoms with Gasteiger partial charge in [0.25, 0.3) is 0 Å². The maximum absolute atomic E-state index is 11.5. The van der Waals surface area contributed by atoms with Gasteiger partial charge in [-0.15, -0.1) is 0 Å². The molecule has 8 heteroatoms. The predicted molar refractivity (Wildman–Crippen MR) is 64.1 cm³/mol. The van der Waals surface area contributed by atoms with E-state index in [1.807, 2.05) is 0 Å². The van der Waals surface area contributed by atoms with Gasteiger partial charge >= 0.3 is 5.97 Å². The van der Waals surface area contributed by atoms with Crippen molar-refractivity contribution in [3.05, 3.63) is 18.1 Å². The van der Waals surface area contributed by atoms with Crippen LogP contribution in [0.15, 0.2) is 12.5 Å². The van der Waals surface area contributed by atoms with Crippen LogP contribution in [-0.2, 0) is 14.6 Å². The van der Waals surface area contributed by atoms with E-state index in [-0.39, 0.29) is 23.1 Å². The van der Waals surface area contributed by atoms with Crippen molar-refractivity contribution >= 4 is 21.6 Å². The molecule has 0 amide bonds. The summed E-state index contributed by atoms with van der Waals surface area (Å²) in [5.41, 5.74) is 0.198. The summed E-state index contributed by atoms with van der Waals surface area (Å²) in [5, 5.41) is 2.95. The lowest BCUT2D eigenvalue weighted by atomic mass is 10.2. The second-order valence-electron chi connectivity index (χ2n) is 4.02. The maximum Gasteiger partial charge on any atom is 0.343 e. The zero-order chi connectivity index (χ0) is 13.2. The maximum atomic E-state index is 11.5. The van der Waals surface area contributed by atoms with E-state index in [0.29, 0.717) is 12.2 Å². The van der Waals surface area contributed by atoms with E-state index in [4.69, 9.17) is 0 Å². The van der Waals surface area contributed by atoms with Gasteiger partial charge in [-0.25, -0.2) is 23.2 Å². The Bertz CT molecular complexity index is 558. The number of rotatable bonds is 3. The molecule has 7 nitrogen and oxygen atoms in total. The molecule has 1 saturated heterocycles. The van der Waals surface area contributed by atoms with Crippen LogP contribution in [0.4, 0.5) is 5.82 Å². The first-order valence-corrected chi connectivity index (χ1v) is 7.19. The highest BCUT2D eigenvalue weighted by Crippen LogP contribution is 2.18. The lowest BCUT2D eigenvalue weighted by Gasteiger charge is -2.13. The molecule has 0 aromatic carbocycles. The Morgan fingerprint density at radius 1 is 1.56 bits per heavy atom. The summed E-state index contributed by atoms with van der Waals surface area (Å²) in [5.74, 6) is -0.0427. The Labute approximate surface area is 105 Å². The van der Waals surface area contributed by atoms with Crippen LogP contribution in [0.2, 0.25) is 0 Å². The van der Waals surface area contributed by atoms with Crippen LogP contribution in [0.3, 0.4) is 0 Å². The molecule has 18 heavy (non-hydrogen) atoms. The van der Waals surface area contributed by atoms with Gasteiger partial charge in [0.2, 0.25) is 0 Å². The first-order valence-electron chi connectivity index (χ1n) is 5.37. The van der Waals surface area contributed by atoms with Gasteiger partial charge in [0.1, 0.15) is 17.7 Å². The van der Waals surface area contributed by atoms with Crippen molar-refractivity contribution in [3.8, 4) is 0 Å². The third-order valence-corrected chi connectivity index (χ3v) is 4.46. The van der Waals surface area contributed by atoms with Gasteiger partial charge in [0.05, 0.1) is 18.6 Å². The van der Waals surface area contributed by atoms with Crippen molar-refractivity contribution in [1.29, 1.82) is 0 Å². The number of methoxy groups -OCH3 is 1. The Kier molecular flexibility index (Phi) is 3.46. The van der Waals surface area contributed by atoms with E-state index in [0.717, 1.165) is 0 Å². The molecule has 2 heterocycles. The highest BCUT2D eigenvalue weighted by molar-refractivity contribution is 7.91. The van der Waals surface area contributed by atoms with E-state index >= 15 is 0 Å². The highest BCUT2D eigenvalue weighted by atomic mass is 32.2. The molecule has 1 fully saturated rings. The topological polar surface area (TPSA) is 98.2 Å². The van der Waals surface area contributed by atoms with Crippen LogP contribution in [0, 0.1) is 0 Å². The Balaban J connectivity index is 2.17. The molecule has 1 aromatic rings. The molecule has 1 unspecified atom stereocenters. The zero-order valence-electron chi connectivity index (χ0n) is 9.79. The lowest BCUT2D eigenvalue weighted by Crippen LogP contribution is -2.23. The summed E-state index contributed by atoms with van der Waals surface area (Å²) in [6, 6.07) is -0.228. The van der Waals surface area contributed by atoms with Gasteiger partial charge in [-0.3, -0.25) is 0 Å². The monoisotopic (exact) mass is 271 g/mol. The van der Waals surface area contributed by atoms with Crippen LogP contribution in [0.5, 0.6) is 0 Å². The number of nitrogens with one attached hydrogen (secondary N) is 1. The number of esters is 1. The fourth-order valence-corrected chi connectivity index (χ4v) is 3.48. The highest BCUT2D eigenvalue weighted by Gasteiger charge is 2.29. The molecule has 1 N–H and O–H groups in total. The van der Waals surface area contributed by atoms with E-state index in [9.17, 15) is 13.2 Å². The number of hydrogen-bond donors (Lipinski definition) is 1. The number of hydrogen-bond acceptors (Lipinski definition) is 7. The van der Waals surface area contributed by atoms with E-state index in [1.54, 1.807) is 0 Å². The fraction of sp³-hybridized carbons (Fsp3) is 0.500. The molecule has 1 aromatic heterocycles. The molecular weight excluding hydrogens is 258 g/mol. The average Bonchev–Trinajstić information content (AvgIpc) is 2.68. The summed E-state index contributed by atoms with van der Waals surface area (Å²) in [6.07, 6.45) is 3.13. The number of sulfone groups is 1. The molecular formula is C10H13N3O4S. The molecule has 1 aliphatic rings. The Morgan fingerprint density at radius 2 is 2.33 bits per heavy atom. The quantitative estimate of drug-likeness (QED) is 0.764. The van der Waals surface area contributed by atoms with Crippen LogP contribution in [0.1, 0.15) is 16.8 Å². The minimum absolute atomic E-state index is 0.0532. The first-order chi connectivity index (χ1) is 8.52. The van der Waals surface area contributed by atoms with E-state index < -0.39 is 15.8 Å². The van der Waals surface area contributed by atoms with Crippen LogP contribution < -0.4 is 5.32 Å². The molecule has 0 spiro atoms. The molecule has 0 bridgehead atoms. The van der Waals surface area contributed by atoms with Gasteiger partial charge in [-0.1, -0.05) is 0 Å². The summed E-state index contributed by atoms with van der Waals surface area (Å²) >= 11 is 0. The van der Waals surface area contributed by atoms with Crippen LogP contribution >= 0.6 is 0 Å². The number of aromatic nitrogens is 2. The zero-order valence-corrected chi connectivity index (χ0v) is 10.6. The van der Waals surface area contributed by atoms with Crippen molar-refractivity contribution in [2.75, 3.05) is 23.9 Å². The molecule has 98 valence electrons. The van der Waals surface area contributed by atoms with E-state index in [2.05, 4.69) is 20.0 Å². The molecule has 2 rings (SSSR count). The van der Waals surface area contributed by atoms with Crippen molar-refractivity contribution in [2.45, 2.75) is 12.5 Å². The second kappa shape index (κ2) is 4.89. The smallest absolute Gasteiger partial charge is 0.343 e. The van der Waals surface area contributed by atoms with Gasteiger partial charge < -0.3 is 10.1 Å². The second-order valence-corrected chi connectivity index (χ2v) is 6.25. The Morgan fingerprint density at radius 3 is 2.94 bits per heavy atom. The lowest BCUT2D eigenvalue weighted by molar-refractivity contribution is 0.0601. The first kappa shape index (κ1) is 12.7. The minimum atomic E-state index is -2.98. The number of carbonyl (C=O) groups is 1. The van der Waals surface area contributed by atoms with Crippen molar-refractivity contribution in [3.63, 3.8) is 0 Å². The molecule has 1 aliphatic heterocycles. The molecule has 0 saturated carbocycles. The molecule has 0 radical (unpaired) electrons. The number of ether oxygens (including phenoxy) is 1. The number of anilines is 1. The van der Waals surface area contributed by atoms with Crippen molar-refractivity contribution in [1.82, 2.24) is 9.97 Å². The van der Waals surface area contributed by atoms with Crippen LogP contribution in [-0.4, -0.2) is 49.0 Å². The van der Waals surface area contributed by atoms with E-state index in [1.165, 1.54) is 19.6 Å². The third kappa shape index (κ3) is 2.76. The minimum Gasteiger partial charge on any atom is -0.465 e. The van der Waals surface area contributed by atoms with Gasteiger partial charge in [-0.05, 0) is 6.42 Å².